The summed E-state index contributed by atoms with van der Waals surface area (Å²) in [5.74, 6) is 1.33. The highest BCUT2D eigenvalue weighted by molar-refractivity contribution is 5.14. The van der Waals surface area contributed by atoms with E-state index in [-0.39, 0.29) is 11.3 Å². The maximum absolute atomic E-state index is 8.64. The molecule has 0 spiro atoms. The average Bonchev–Trinajstić information content (AvgIpc) is 2.75. The maximum atomic E-state index is 8.64. The lowest BCUT2D eigenvalue weighted by atomic mass is 10.1. The van der Waals surface area contributed by atoms with Crippen molar-refractivity contribution in [3.8, 4) is 6.07 Å². The molecule has 1 heterocycles. The van der Waals surface area contributed by atoms with Gasteiger partial charge in [0.2, 0.25) is 5.89 Å². The summed E-state index contributed by atoms with van der Waals surface area (Å²) in [6.07, 6.45) is 2.83. The fourth-order valence-corrected chi connectivity index (χ4v) is 1.30. The van der Waals surface area contributed by atoms with Crippen LogP contribution in [-0.4, -0.2) is 10.1 Å². The van der Waals surface area contributed by atoms with E-state index in [4.69, 9.17) is 9.78 Å². The molecule has 2 rings (SSSR count). The Kier molecular flexibility index (Phi) is 2.03. The first-order valence-electron chi connectivity index (χ1n) is 4.87. The monoisotopic (exact) mass is 191 g/mol. The van der Waals surface area contributed by atoms with Crippen molar-refractivity contribution >= 4 is 0 Å². The van der Waals surface area contributed by atoms with Crippen LogP contribution in [0.5, 0.6) is 0 Å². The van der Waals surface area contributed by atoms with Gasteiger partial charge in [-0.05, 0) is 19.8 Å². The zero-order chi connectivity index (χ0) is 10.2. The van der Waals surface area contributed by atoms with E-state index in [2.05, 4.69) is 23.1 Å². The second-order valence-electron chi connectivity index (χ2n) is 4.31. The van der Waals surface area contributed by atoms with Crippen molar-refractivity contribution in [3.05, 3.63) is 11.7 Å². The van der Waals surface area contributed by atoms with Gasteiger partial charge in [-0.3, -0.25) is 0 Å². The van der Waals surface area contributed by atoms with Crippen LogP contribution in [0.4, 0.5) is 0 Å². The first kappa shape index (κ1) is 9.20. The molecule has 0 amide bonds. The van der Waals surface area contributed by atoms with Gasteiger partial charge in [0.25, 0.3) is 0 Å². The Morgan fingerprint density at radius 2 is 2.36 bits per heavy atom. The molecule has 1 saturated carbocycles. The number of hydrogen-bond acceptors (Lipinski definition) is 4. The van der Waals surface area contributed by atoms with Crippen LogP contribution < -0.4 is 0 Å². The predicted octanol–water partition coefficient (Wildman–Crippen LogP) is 1.82. The van der Waals surface area contributed by atoms with Gasteiger partial charge in [0.1, 0.15) is 0 Å². The van der Waals surface area contributed by atoms with Crippen LogP contribution in [0.2, 0.25) is 0 Å². The van der Waals surface area contributed by atoms with E-state index in [0.29, 0.717) is 12.3 Å². The highest BCUT2D eigenvalue weighted by Gasteiger charge is 2.43. The van der Waals surface area contributed by atoms with E-state index in [1.54, 1.807) is 0 Å². The molecule has 1 fully saturated rings. The zero-order valence-corrected chi connectivity index (χ0v) is 8.45. The Morgan fingerprint density at radius 1 is 1.64 bits per heavy atom. The molecular weight excluding hydrogens is 178 g/mol. The largest absolute Gasteiger partial charge is 0.339 e. The highest BCUT2D eigenvalue weighted by atomic mass is 16.5. The molecule has 1 unspecified atom stereocenters. The van der Waals surface area contributed by atoms with Gasteiger partial charge in [-0.25, -0.2) is 0 Å². The summed E-state index contributed by atoms with van der Waals surface area (Å²) in [4.78, 5) is 4.30. The Morgan fingerprint density at radius 3 is 2.93 bits per heavy atom. The average molecular weight is 191 g/mol. The van der Waals surface area contributed by atoms with Crippen molar-refractivity contribution in [3.63, 3.8) is 0 Å². The van der Waals surface area contributed by atoms with Crippen LogP contribution in [-0.2, 0) is 11.8 Å². The van der Waals surface area contributed by atoms with Crippen LogP contribution in [0, 0.1) is 17.2 Å². The van der Waals surface area contributed by atoms with Crippen LogP contribution >= 0.6 is 0 Å². The molecule has 0 aromatic carbocycles. The van der Waals surface area contributed by atoms with Crippen molar-refractivity contribution in [2.24, 2.45) is 5.92 Å². The van der Waals surface area contributed by atoms with Crippen molar-refractivity contribution in [1.29, 1.82) is 5.26 Å². The van der Waals surface area contributed by atoms with Crippen molar-refractivity contribution < 1.29 is 4.52 Å². The molecule has 1 aromatic rings. The van der Waals surface area contributed by atoms with E-state index in [0.717, 1.165) is 18.7 Å². The minimum Gasteiger partial charge on any atom is -0.339 e. The fourth-order valence-electron chi connectivity index (χ4n) is 1.30. The van der Waals surface area contributed by atoms with Crippen LogP contribution in [0.3, 0.4) is 0 Å². The first-order valence-corrected chi connectivity index (χ1v) is 4.87. The molecule has 0 bridgehead atoms. The van der Waals surface area contributed by atoms with E-state index >= 15 is 0 Å². The molecule has 0 radical (unpaired) electrons. The SMILES string of the molecule is CC(C#N)Cc1nc(C2(C)CC2)no1. The van der Waals surface area contributed by atoms with Gasteiger partial charge in [0.15, 0.2) is 5.82 Å². The summed E-state index contributed by atoms with van der Waals surface area (Å²) in [6, 6.07) is 2.15. The molecule has 4 nitrogen and oxygen atoms in total. The molecule has 0 aliphatic heterocycles. The van der Waals surface area contributed by atoms with Crippen LogP contribution in [0.25, 0.3) is 0 Å². The summed E-state index contributed by atoms with van der Waals surface area (Å²) >= 11 is 0. The minimum atomic E-state index is -0.0599. The normalized spacial score (nSPS) is 20.1. The third kappa shape index (κ3) is 1.63. The highest BCUT2D eigenvalue weighted by Crippen LogP contribution is 2.45. The van der Waals surface area contributed by atoms with Gasteiger partial charge < -0.3 is 4.52 Å². The van der Waals surface area contributed by atoms with Gasteiger partial charge in [0.05, 0.1) is 12.0 Å². The predicted molar refractivity (Wildman–Crippen MR) is 49.4 cm³/mol. The molecule has 14 heavy (non-hydrogen) atoms. The Hall–Kier alpha value is -1.37. The summed E-state index contributed by atoms with van der Waals surface area (Å²) < 4.78 is 5.09. The second-order valence-corrected chi connectivity index (χ2v) is 4.31. The summed E-state index contributed by atoms with van der Waals surface area (Å²) in [5, 5.41) is 12.6. The lowest BCUT2D eigenvalue weighted by molar-refractivity contribution is 0.361. The zero-order valence-electron chi connectivity index (χ0n) is 8.45. The third-order valence-electron chi connectivity index (χ3n) is 2.71. The standard InChI is InChI=1S/C10H13N3O/c1-7(6-11)5-8-12-9(13-14-8)10(2)3-4-10/h7H,3-5H2,1-2H3. The van der Waals surface area contributed by atoms with Gasteiger partial charge >= 0.3 is 0 Å². The Bertz CT molecular complexity index is 373. The molecule has 74 valence electrons. The third-order valence-corrected chi connectivity index (χ3v) is 2.71. The van der Waals surface area contributed by atoms with Crippen molar-refractivity contribution in [2.45, 2.75) is 38.5 Å². The maximum Gasteiger partial charge on any atom is 0.227 e. The quantitative estimate of drug-likeness (QED) is 0.731. The fraction of sp³-hybridized carbons (Fsp3) is 0.700. The molecule has 1 aromatic heterocycles. The number of rotatable bonds is 3. The molecule has 0 saturated heterocycles. The number of hydrogen-bond donors (Lipinski definition) is 0. The number of aromatic nitrogens is 2. The van der Waals surface area contributed by atoms with E-state index in [1.807, 2.05) is 6.92 Å². The van der Waals surface area contributed by atoms with E-state index in [1.165, 1.54) is 0 Å². The molecule has 1 atom stereocenters. The second kappa shape index (κ2) is 3.09. The molecule has 1 aliphatic carbocycles. The van der Waals surface area contributed by atoms with E-state index < -0.39 is 0 Å². The van der Waals surface area contributed by atoms with Crippen LogP contribution in [0.1, 0.15) is 38.4 Å². The smallest absolute Gasteiger partial charge is 0.227 e. The first-order chi connectivity index (χ1) is 6.64. The van der Waals surface area contributed by atoms with Crippen LogP contribution in [0.15, 0.2) is 4.52 Å². The Balaban J connectivity index is 2.07. The van der Waals surface area contributed by atoms with Gasteiger partial charge in [0, 0.05) is 11.8 Å². The number of nitrogens with zero attached hydrogens (tertiary/aromatic N) is 3. The molecule has 0 N–H and O–H groups in total. The summed E-state index contributed by atoms with van der Waals surface area (Å²) in [5.41, 5.74) is 0.150. The molecule has 4 heteroatoms. The topological polar surface area (TPSA) is 62.7 Å². The van der Waals surface area contributed by atoms with Gasteiger partial charge in [-0.1, -0.05) is 12.1 Å². The Labute approximate surface area is 82.9 Å². The van der Waals surface area contributed by atoms with Crippen molar-refractivity contribution in [2.75, 3.05) is 0 Å². The van der Waals surface area contributed by atoms with Crippen molar-refractivity contribution in [1.82, 2.24) is 10.1 Å². The van der Waals surface area contributed by atoms with E-state index in [9.17, 15) is 0 Å². The lowest BCUT2D eigenvalue weighted by Gasteiger charge is -1.97. The summed E-state index contributed by atoms with van der Waals surface area (Å²) in [7, 11) is 0. The molecule has 1 aliphatic rings. The lowest BCUT2D eigenvalue weighted by Crippen LogP contribution is -2.03. The van der Waals surface area contributed by atoms with Gasteiger partial charge in [-0.15, -0.1) is 0 Å². The van der Waals surface area contributed by atoms with Gasteiger partial charge in [-0.2, -0.15) is 10.2 Å². The number of nitriles is 1. The minimum absolute atomic E-state index is 0.0599. The summed E-state index contributed by atoms with van der Waals surface area (Å²) in [6.45, 7) is 3.98. The molecular formula is C10H13N3O.